The number of aliphatic hydroxyl groups excluding tert-OH is 1. The Bertz CT molecular complexity index is 705. The zero-order valence-electron chi connectivity index (χ0n) is 13.5. The van der Waals surface area contributed by atoms with Gasteiger partial charge in [0.05, 0.1) is 12.4 Å². The zero-order chi connectivity index (χ0) is 18.1. The maximum absolute atomic E-state index is 11.9. The Morgan fingerprint density at radius 3 is 2.36 bits per heavy atom. The fourth-order valence-electron chi connectivity index (χ4n) is 2.02. The second-order valence-electron chi connectivity index (χ2n) is 5.22. The molecule has 0 aliphatic heterocycles. The Labute approximate surface area is 155 Å². The highest BCUT2D eigenvalue weighted by molar-refractivity contribution is 7.99. The van der Waals surface area contributed by atoms with Crippen LogP contribution in [0.3, 0.4) is 0 Å². The maximum Gasteiger partial charge on any atom is 0.251 e. The summed E-state index contributed by atoms with van der Waals surface area (Å²) in [5.74, 6) is 0.719. The molecule has 2 rings (SSSR count). The van der Waals surface area contributed by atoms with Gasteiger partial charge in [0.15, 0.2) is 0 Å². The average Bonchev–Trinajstić information content (AvgIpc) is 2.62. The van der Waals surface area contributed by atoms with E-state index < -0.39 is 0 Å². The predicted octanol–water partition coefficient (Wildman–Crippen LogP) is 2.93. The molecule has 0 unspecified atom stereocenters. The summed E-state index contributed by atoms with van der Waals surface area (Å²) in [6.07, 6.45) is 0. The number of benzene rings is 2. The number of hydrogen-bond acceptors (Lipinski definition) is 4. The van der Waals surface area contributed by atoms with Crippen molar-refractivity contribution >= 4 is 40.9 Å². The van der Waals surface area contributed by atoms with Crippen molar-refractivity contribution in [2.24, 2.45) is 0 Å². The van der Waals surface area contributed by atoms with Crippen molar-refractivity contribution in [1.82, 2.24) is 5.32 Å². The van der Waals surface area contributed by atoms with Crippen LogP contribution in [0.4, 0.5) is 5.69 Å². The molecule has 0 fully saturated rings. The highest BCUT2D eigenvalue weighted by atomic mass is 35.5. The first-order chi connectivity index (χ1) is 12.1. The molecule has 0 saturated carbocycles. The van der Waals surface area contributed by atoms with E-state index in [4.69, 9.17) is 16.7 Å². The standard InChI is InChI=1S/C18H19ClN2O3S/c19-15-5-7-16(8-6-15)21-17(23)12-25-11-13-1-3-14(4-2-13)18(24)20-9-10-22/h1-8,22H,9-12H2,(H,20,24)(H,21,23). The van der Waals surface area contributed by atoms with E-state index in [9.17, 15) is 9.59 Å². The van der Waals surface area contributed by atoms with Crippen molar-refractivity contribution in [3.8, 4) is 0 Å². The van der Waals surface area contributed by atoms with Crippen LogP contribution >= 0.6 is 23.4 Å². The molecule has 0 radical (unpaired) electrons. The molecule has 0 aliphatic carbocycles. The quantitative estimate of drug-likeness (QED) is 0.660. The number of amides is 2. The van der Waals surface area contributed by atoms with Crippen LogP contribution in [0.5, 0.6) is 0 Å². The molecule has 7 heteroatoms. The van der Waals surface area contributed by atoms with Gasteiger partial charge < -0.3 is 15.7 Å². The smallest absolute Gasteiger partial charge is 0.251 e. The molecule has 2 aromatic rings. The Morgan fingerprint density at radius 1 is 1.04 bits per heavy atom. The van der Waals surface area contributed by atoms with Gasteiger partial charge in [-0.3, -0.25) is 9.59 Å². The van der Waals surface area contributed by atoms with Crippen molar-refractivity contribution < 1.29 is 14.7 Å². The third kappa shape index (κ3) is 6.78. The van der Waals surface area contributed by atoms with Crippen LogP contribution in [0.25, 0.3) is 0 Å². The van der Waals surface area contributed by atoms with Gasteiger partial charge in [0.1, 0.15) is 0 Å². The van der Waals surface area contributed by atoms with Gasteiger partial charge in [-0.2, -0.15) is 0 Å². The summed E-state index contributed by atoms with van der Waals surface area (Å²) in [6.45, 7) is 0.151. The molecule has 0 aromatic heterocycles. The van der Waals surface area contributed by atoms with Crippen LogP contribution in [0.1, 0.15) is 15.9 Å². The van der Waals surface area contributed by atoms with Crippen LogP contribution in [0, 0.1) is 0 Å². The van der Waals surface area contributed by atoms with E-state index in [1.165, 1.54) is 11.8 Å². The van der Waals surface area contributed by atoms with Crippen molar-refractivity contribution in [3.05, 3.63) is 64.7 Å². The van der Waals surface area contributed by atoms with Crippen molar-refractivity contribution in [2.75, 3.05) is 24.2 Å². The van der Waals surface area contributed by atoms with Gasteiger partial charge in [-0.1, -0.05) is 23.7 Å². The Kier molecular flexibility index (Phi) is 7.78. The van der Waals surface area contributed by atoms with Crippen molar-refractivity contribution in [3.63, 3.8) is 0 Å². The van der Waals surface area contributed by atoms with Gasteiger partial charge in [0.25, 0.3) is 5.91 Å². The summed E-state index contributed by atoms with van der Waals surface area (Å²) in [5, 5.41) is 14.7. The van der Waals surface area contributed by atoms with E-state index in [1.54, 1.807) is 36.4 Å². The maximum atomic E-state index is 11.9. The molecule has 0 atom stereocenters. The van der Waals surface area contributed by atoms with E-state index in [1.807, 2.05) is 12.1 Å². The molecule has 0 saturated heterocycles. The molecule has 0 aliphatic rings. The van der Waals surface area contributed by atoms with Crippen LogP contribution in [-0.2, 0) is 10.5 Å². The number of halogens is 1. The first-order valence-corrected chi connectivity index (χ1v) is 9.23. The van der Waals surface area contributed by atoms with E-state index in [0.717, 1.165) is 5.56 Å². The lowest BCUT2D eigenvalue weighted by atomic mass is 10.1. The Morgan fingerprint density at radius 2 is 1.72 bits per heavy atom. The van der Waals surface area contributed by atoms with Crippen LogP contribution in [-0.4, -0.2) is 35.8 Å². The third-order valence-corrected chi connectivity index (χ3v) is 4.50. The highest BCUT2D eigenvalue weighted by Crippen LogP contribution is 2.16. The minimum Gasteiger partial charge on any atom is -0.395 e. The lowest BCUT2D eigenvalue weighted by molar-refractivity contribution is -0.113. The number of aliphatic hydroxyl groups is 1. The first-order valence-electron chi connectivity index (χ1n) is 7.69. The predicted molar refractivity (Wildman–Crippen MR) is 102 cm³/mol. The molecule has 2 aromatic carbocycles. The van der Waals surface area contributed by atoms with E-state index in [-0.39, 0.29) is 25.0 Å². The van der Waals surface area contributed by atoms with Crippen molar-refractivity contribution in [2.45, 2.75) is 5.75 Å². The van der Waals surface area contributed by atoms with Gasteiger partial charge in [0, 0.05) is 28.6 Å². The van der Waals surface area contributed by atoms with Gasteiger partial charge in [0.2, 0.25) is 5.91 Å². The topological polar surface area (TPSA) is 78.4 Å². The molecule has 0 bridgehead atoms. The summed E-state index contributed by atoms with van der Waals surface area (Å²) in [7, 11) is 0. The van der Waals surface area contributed by atoms with Crippen LogP contribution < -0.4 is 10.6 Å². The second kappa shape index (κ2) is 10.1. The lowest BCUT2D eigenvalue weighted by Crippen LogP contribution is -2.26. The average molecular weight is 379 g/mol. The van der Waals surface area contributed by atoms with E-state index >= 15 is 0 Å². The minimum atomic E-state index is -0.212. The molecular weight excluding hydrogens is 360 g/mol. The number of thioether (sulfide) groups is 1. The summed E-state index contributed by atoms with van der Waals surface area (Å²) in [4.78, 5) is 23.6. The van der Waals surface area contributed by atoms with Gasteiger partial charge in [-0.05, 0) is 42.0 Å². The molecule has 5 nitrogen and oxygen atoms in total. The Balaban J connectivity index is 1.74. The van der Waals surface area contributed by atoms with Gasteiger partial charge in [-0.25, -0.2) is 0 Å². The SMILES string of the molecule is O=C(CSCc1ccc(C(=O)NCCO)cc1)Nc1ccc(Cl)cc1. The van der Waals surface area contributed by atoms with E-state index in [0.29, 0.717) is 27.8 Å². The zero-order valence-corrected chi connectivity index (χ0v) is 15.1. The summed E-state index contributed by atoms with van der Waals surface area (Å²) < 4.78 is 0. The normalized spacial score (nSPS) is 10.3. The monoisotopic (exact) mass is 378 g/mol. The molecule has 0 spiro atoms. The first kappa shape index (κ1) is 19.3. The number of carbonyl (C=O) groups is 2. The summed E-state index contributed by atoms with van der Waals surface area (Å²) in [5.41, 5.74) is 2.29. The number of carbonyl (C=O) groups excluding carboxylic acids is 2. The van der Waals surface area contributed by atoms with Crippen LogP contribution in [0.15, 0.2) is 48.5 Å². The van der Waals surface area contributed by atoms with Crippen molar-refractivity contribution in [1.29, 1.82) is 0 Å². The molecule has 0 heterocycles. The summed E-state index contributed by atoms with van der Waals surface area (Å²) >= 11 is 7.30. The molecule has 25 heavy (non-hydrogen) atoms. The van der Waals surface area contributed by atoms with Gasteiger partial charge in [-0.15, -0.1) is 11.8 Å². The fraction of sp³-hybridized carbons (Fsp3) is 0.222. The highest BCUT2D eigenvalue weighted by Gasteiger charge is 2.06. The van der Waals surface area contributed by atoms with E-state index in [2.05, 4.69) is 10.6 Å². The summed E-state index contributed by atoms with van der Waals surface area (Å²) in [6, 6.07) is 14.1. The fourth-order valence-corrected chi connectivity index (χ4v) is 2.93. The molecular formula is C18H19ClN2O3S. The number of rotatable bonds is 8. The third-order valence-electron chi connectivity index (χ3n) is 3.24. The lowest BCUT2D eigenvalue weighted by Gasteiger charge is -2.06. The molecule has 132 valence electrons. The Hall–Kier alpha value is -2.02. The van der Waals surface area contributed by atoms with Gasteiger partial charge >= 0.3 is 0 Å². The number of nitrogens with one attached hydrogen (secondary N) is 2. The number of anilines is 1. The second-order valence-corrected chi connectivity index (χ2v) is 6.65. The minimum absolute atomic E-state index is 0.0766. The molecule has 2 amide bonds. The van der Waals surface area contributed by atoms with Crippen LogP contribution in [0.2, 0.25) is 5.02 Å². The largest absolute Gasteiger partial charge is 0.395 e. The number of hydrogen-bond donors (Lipinski definition) is 3. The molecule has 3 N–H and O–H groups in total.